The van der Waals surface area contributed by atoms with Crippen molar-refractivity contribution in [1.29, 1.82) is 0 Å². The molecule has 0 saturated heterocycles. The summed E-state index contributed by atoms with van der Waals surface area (Å²) in [5.41, 5.74) is 5.04. The van der Waals surface area contributed by atoms with E-state index in [1.165, 1.54) is 25.3 Å². The first-order chi connectivity index (χ1) is 12.3. The summed E-state index contributed by atoms with van der Waals surface area (Å²) in [6, 6.07) is 2.84. The molecule has 0 aliphatic carbocycles. The summed E-state index contributed by atoms with van der Waals surface area (Å²) in [6.45, 7) is -0.111. The minimum atomic E-state index is -1.07. The zero-order valence-electron chi connectivity index (χ0n) is 13.9. The number of nitrogens with two attached hydrogens (primary N) is 1. The van der Waals surface area contributed by atoms with Gasteiger partial charge in [-0.25, -0.2) is 9.59 Å². The number of hydrogen-bond donors (Lipinski definition) is 2. The van der Waals surface area contributed by atoms with Crippen LogP contribution in [0.1, 0.15) is 37.5 Å². The molecule has 0 atom stereocenters. The van der Waals surface area contributed by atoms with Crippen molar-refractivity contribution in [2.75, 3.05) is 26.9 Å². The molecule has 0 radical (unpaired) electrons. The van der Waals surface area contributed by atoms with E-state index in [2.05, 4.69) is 0 Å². The van der Waals surface area contributed by atoms with Gasteiger partial charge in [-0.1, -0.05) is 0 Å². The van der Waals surface area contributed by atoms with Crippen LogP contribution in [0, 0.1) is 0 Å². The van der Waals surface area contributed by atoms with Crippen LogP contribution in [-0.2, 0) is 14.3 Å². The van der Waals surface area contributed by atoms with Gasteiger partial charge >= 0.3 is 12.0 Å². The number of rotatable bonds is 7. The predicted molar refractivity (Wildman–Crippen MR) is 86.3 cm³/mol. The Bertz CT molecular complexity index is 775. The zero-order chi connectivity index (χ0) is 19.3. The van der Waals surface area contributed by atoms with Gasteiger partial charge in [-0.05, 0) is 24.6 Å². The van der Waals surface area contributed by atoms with E-state index in [0.29, 0.717) is 13.0 Å². The van der Waals surface area contributed by atoms with Gasteiger partial charge in [0, 0.05) is 20.3 Å². The van der Waals surface area contributed by atoms with Gasteiger partial charge in [0.2, 0.25) is 0 Å². The minimum absolute atomic E-state index is 0.00415. The standard InChI is InChI=1S/C16H17N3O7/c1-25-6-2-5-19-13(21)10-4-3-9(7-11(10)14(19)22)15(23)26-8-12(20)18-16(17)24/h3-4,7H,2,5-6,8H2,1H3,(H3,17,18,20,24). The fraction of sp³-hybridized carbons (Fsp3) is 0.312. The van der Waals surface area contributed by atoms with E-state index in [1.807, 2.05) is 0 Å². The van der Waals surface area contributed by atoms with Crippen molar-refractivity contribution in [3.05, 3.63) is 34.9 Å². The lowest BCUT2D eigenvalue weighted by molar-refractivity contribution is -0.123. The van der Waals surface area contributed by atoms with Crippen LogP contribution in [-0.4, -0.2) is 61.5 Å². The summed E-state index contributed by atoms with van der Waals surface area (Å²) < 4.78 is 9.63. The van der Waals surface area contributed by atoms with Gasteiger partial charge in [0.1, 0.15) is 0 Å². The van der Waals surface area contributed by atoms with Gasteiger partial charge in [0.25, 0.3) is 17.7 Å². The zero-order valence-corrected chi connectivity index (χ0v) is 13.9. The molecule has 0 spiro atoms. The Hall–Kier alpha value is -3.27. The molecule has 2 rings (SSSR count). The number of imide groups is 2. The Morgan fingerprint density at radius 3 is 2.50 bits per heavy atom. The van der Waals surface area contributed by atoms with Gasteiger partial charge in [-0.3, -0.25) is 24.6 Å². The van der Waals surface area contributed by atoms with E-state index in [-0.39, 0.29) is 23.2 Å². The average Bonchev–Trinajstić information content (AvgIpc) is 2.83. The molecule has 10 heteroatoms. The molecule has 10 nitrogen and oxygen atoms in total. The third-order valence-electron chi connectivity index (χ3n) is 3.53. The molecule has 1 aromatic carbocycles. The molecular formula is C16H17N3O7. The molecule has 5 amide bonds. The van der Waals surface area contributed by atoms with E-state index in [0.717, 1.165) is 4.90 Å². The third-order valence-corrected chi connectivity index (χ3v) is 3.53. The number of urea groups is 1. The maximum absolute atomic E-state index is 12.4. The number of hydrogen-bond acceptors (Lipinski definition) is 7. The number of ether oxygens (including phenoxy) is 2. The van der Waals surface area contributed by atoms with Crippen LogP contribution in [0.3, 0.4) is 0 Å². The maximum atomic E-state index is 12.4. The number of esters is 1. The van der Waals surface area contributed by atoms with Crippen LogP contribution < -0.4 is 11.1 Å². The van der Waals surface area contributed by atoms with Crippen molar-refractivity contribution in [2.45, 2.75) is 6.42 Å². The molecule has 138 valence electrons. The molecule has 0 bridgehead atoms. The molecule has 0 fully saturated rings. The number of fused-ring (bicyclic) bond motifs is 1. The molecule has 0 saturated carbocycles. The van der Waals surface area contributed by atoms with Crippen molar-refractivity contribution >= 4 is 29.7 Å². The Morgan fingerprint density at radius 2 is 1.85 bits per heavy atom. The van der Waals surface area contributed by atoms with Gasteiger partial charge in [0.05, 0.1) is 16.7 Å². The molecule has 26 heavy (non-hydrogen) atoms. The summed E-state index contributed by atoms with van der Waals surface area (Å²) in [4.78, 5) is 59.4. The van der Waals surface area contributed by atoms with Crippen molar-refractivity contribution < 1.29 is 33.4 Å². The van der Waals surface area contributed by atoms with Crippen LogP contribution in [0.4, 0.5) is 4.79 Å². The predicted octanol–water partition coefficient (Wildman–Crippen LogP) is -0.329. The second kappa shape index (κ2) is 8.21. The largest absolute Gasteiger partial charge is 0.452 e. The smallest absolute Gasteiger partial charge is 0.338 e. The second-order valence-electron chi connectivity index (χ2n) is 5.36. The summed E-state index contributed by atoms with van der Waals surface area (Å²) in [5.74, 6) is -2.72. The molecule has 1 aliphatic rings. The maximum Gasteiger partial charge on any atom is 0.338 e. The molecule has 1 aliphatic heterocycles. The summed E-state index contributed by atoms with van der Waals surface area (Å²) in [7, 11) is 1.52. The molecule has 0 aromatic heterocycles. The average molecular weight is 363 g/mol. The highest BCUT2D eigenvalue weighted by Crippen LogP contribution is 2.24. The fourth-order valence-electron chi connectivity index (χ4n) is 2.38. The van der Waals surface area contributed by atoms with Gasteiger partial charge in [0.15, 0.2) is 6.61 Å². The highest BCUT2D eigenvalue weighted by molar-refractivity contribution is 6.22. The summed E-state index contributed by atoms with van der Waals surface area (Å²) in [5, 5.41) is 1.74. The number of benzene rings is 1. The van der Waals surface area contributed by atoms with E-state index in [4.69, 9.17) is 15.2 Å². The number of nitrogens with zero attached hydrogens (tertiary/aromatic N) is 1. The van der Waals surface area contributed by atoms with Gasteiger partial charge in [-0.15, -0.1) is 0 Å². The number of methoxy groups -OCH3 is 1. The Kier molecular flexibility index (Phi) is 6.02. The van der Waals surface area contributed by atoms with E-state index < -0.39 is 36.3 Å². The third kappa shape index (κ3) is 4.22. The first-order valence-corrected chi connectivity index (χ1v) is 7.60. The van der Waals surface area contributed by atoms with Crippen LogP contribution in [0.2, 0.25) is 0 Å². The second-order valence-corrected chi connectivity index (χ2v) is 5.36. The van der Waals surface area contributed by atoms with Crippen molar-refractivity contribution in [2.24, 2.45) is 5.73 Å². The SMILES string of the molecule is COCCCN1C(=O)c2ccc(C(=O)OCC(=O)NC(N)=O)cc2C1=O. The molecular weight excluding hydrogens is 346 g/mol. The fourth-order valence-corrected chi connectivity index (χ4v) is 2.38. The van der Waals surface area contributed by atoms with E-state index >= 15 is 0 Å². The van der Waals surface area contributed by atoms with Crippen molar-refractivity contribution in [3.8, 4) is 0 Å². The van der Waals surface area contributed by atoms with Crippen LogP contribution in [0.15, 0.2) is 18.2 Å². The summed E-state index contributed by atoms with van der Waals surface area (Å²) in [6.07, 6.45) is 0.492. The highest BCUT2D eigenvalue weighted by atomic mass is 16.5. The van der Waals surface area contributed by atoms with E-state index in [9.17, 15) is 24.0 Å². The monoisotopic (exact) mass is 363 g/mol. The lowest BCUT2D eigenvalue weighted by Crippen LogP contribution is -2.37. The highest BCUT2D eigenvalue weighted by Gasteiger charge is 2.35. The van der Waals surface area contributed by atoms with Crippen molar-refractivity contribution in [1.82, 2.24) is 10.2 Å². The van der Waals surface area contributed by atoms with E-state index in [1.54, 1.807) is 5.32 Å². The van der Waals surface area contributed by atoms with Crippen LogP contribution in [0.5, 0.6) is 0 Å². The molecule has 1 heterocycles. The van der Waals surface area contributed by atoms with Crippen LogP contribution in [0.25, 0.3) is 0 Å². The van der Waals surface area contributed by atoms with Gasteiger partial charge in [-0.2, -0.15) is 0 Å². The first-order valence-electron chi connectivity index (χ1n) is 7.60. The lowest BCUT2D eigenvalue weighted by atomic mass is 10.1. The number of carbonyl (C=O) groups is 5. The Balaban J connectivity index is 2.06. The quantitative estimate of drug-likeness (QED) is 0.383. The normalized spacial score (nSPS) is 12.7. The number of primary amides is 1. The first kappa shape index (κ1) is 19.1. The Labute approximate surface area is 148 Å². The number of amides is 5. The topological polar surface area (TPSA) is 145 Å². The molecule has 3 N–H and O–H groups in total. The number of carbonyl (C=O) groups excluding carboxylic acids is 5. The van der Waals surface area contributed by atoms with Crippen LogP contribution >= 0.6 is 0 Å². The minimum Gasteiger partial charge on any atom is -0.452 e. The Morgan fingerprint density at radius 1 is 1.15 bits per heavy atom. The molecule has 1 aromatic rings. The number of nitrogens with one attached hydrogen (secondary N) is 1. The van der Waals surface area contributed by atoms with Crippen molar-refractivity contribution in [3.63, 3.8) is 0 Å². The molecule has 0 unspecified atom stereocenters. The summed E-state index contributed by atoms with van der Waals surface area (Å²) >= 11 is 0. The van der Waals surface area contributed by atoms with Gasteiger partial charge < -0.3 is 15.2 Å². The lowest BCUT2D eigenvalue weighted by Gasteiger charge is -2.12.